The molecule has 1 aliphatic rings. The Morgan fingerprint density at radius 2 is 1.72 bits per heavy atom. The fourth-order valence-corrected chi connectivity index (χ4v) is 5.97. The Labute approximate surface area is 151 Å². The number of sulfone groups is 1. The van der Waals surface area contributed by atoms with E-state index in [4.69, 9.17) is 17.3 Å². The molecule has 3 rings (SSSR count). The van der Waals surface area contributed by atoms with Crippen LogP contribution < -0.4 is 5.73 Å². The van der Waals surface area contributed by atoms with Gasteiger partial charge in [0.1, 0.15) is 5.41 Å². The number of halogens is 1. The van der Waals surface area contributed by atoms with Crippen LogP contribution >= 0.6 is 11.6 Å². The molecule has 0 spiro atoms. The highest BCUT2D eigenvalue weighted by Crippen LogP contribution is 2.63. The average molecular weight is 380 g/mol. The standard InChI is InChI=1S/C18H18ClNO4S/c1-11-2-4-12(5-3-11)15-16(18(15,10-20)17(21)22)25(23,24)14-8-6-13(19)7-9-14/h2-9,15-16H,10,20H2,1H3,(H,21,22)/t15-,16+,18-/m0/s1. The Morgan fingerprint density at radius 1 is 1.16 bits per heavy atom. The lowest BCUT2D eigenvalue weighted by molar-refractivity contribution is -0.143. The Hall–Kier alpha value is -1.89. The van der Waals surface area contributed by atoms with E-state index in [9.17, 15) is 18.3 Å². The number of hydrogen-bond donors (Lipinski definition) is 2. The summed E-state index contributed by atoms with van der Waals surface area (Å²) < 4.78 is 26.1. The zero-order valence-electron chi connectivity index (χ0n) is 13.5. The first kappa shape index (κ1) is 17.9. The molecule has 132 valence electrons. The summed E-state index contributed by atoms with van der Waals surface area (Å²) in [7, 11) is -3.87. The van der Waals surface area contributed by atoms with Gasteiger partial charge in [-0.15, -0.1) is 0 Å². The fourth-order valence-electron chi connectivity index (χ4n) is 3.46. The van der Waals surface area contributed by atoms with Crippen molar-refractivity contribution >= 4 is 27.4 Å². The van der Waals surface area contributed by atoms with Crippen LogP contribution in [0.25, 0.3) is 0 Å². The van der Waals surface area contributed by atoms with Gasteiger partial charge >= 0.3 is 5.97 Å². The predicted molar refractivity (Wildman–Crippen MR) is 95.5 cm³/mol. The van der Waals surface area contributed by atoms with Gasteiger partial charge in [-0.25, -0.2) is 8.42 Å². The first-order valence-corrected chi connectivity index (χ1v) is 9.67. The minimum Gasteiger partial charge on any atom is -0.481 e. The Balaban J connectivity index is 2.10. The number of rotatable bonds is 5. The molecule has 0 aromatic heterocycles. The number of carbonyl (C=O) groups is 1. The summed E-state index contributed by atoms with van der Waals surface area (Å²) in [6.07, 6.45) is 0. The molecule has 2 aromatic rings. The van der Waals surface area contributed by atoms with Crippen LogP contribution in [0, 0.1) is 12.3 Å². The molecule has 0 saturated heterocycles. The fraction of sp³-hybridized carbons (Fsp3) is 0.278. The number of aliphatic carboxylic acids is 1. The van der Waals surface area contributed by atoms with Crippen molar-refractivity contribution in [1.82, 2.24) is 0 Å². The number of carboxylic acids is 1. The highest BCUT2D eigenvalue weighted by atomic mass is 35.5. The second-order valence-corrected chi connectivity index (χ2v) is 8.86. The van der Waals surface area contributed by atoms with Gasteiger partial charge in [0.05, 0.1) is 10.1 Å². The number of benzene rings is 2. The van der Waals surface area contributed by atoms with Gasteiger partial charge in [0.25, 0.3) is 0 Å². The van der Waals surface area contributed by atoms with Crippen molar-refractivity contribution in [2.24, 2.45) is 11.1 Å². The zero-order chi connectivity index (χ0) is 18.4. The third-order valence-corrected chi connectivity index (χ3v) is 7.45. The third-order valence-electron chi connectivity index (χ3n) is 4.91. The first-order valence-electron chi connectivity index (χ1n) is 7.74. The highest BCUT2D eigenvalue weighted by Gasteiger charge is 2.75. The number of nitrogens with two attached hydrogens (primary N) is 1. The molecule has 0 amide bonds. The van der Waals surface area contributed by atoms with Gasteiger partial charge in [-0.3, -0.25) is 4.79 Å². The maximum atomic E-state index is 13.1. The molecule has 25 heavy (non-hydrogen) atoms. The van der Waals surface area contributed by atoms with Crippen molar-refractivity contribution in [3.05, 3.63) is 64.7 Å². The number of carboxylic acid groups (broad SMARTS) is 1. The lowest BCUT2D eigenvalue weighted by atomic mass is 9.99. The van der Waals surface area contributed by atoms with Crippen LogP contribution in [0.2, 0.25) is 5.02 Å². The Bertz CT molecular complexity index is 909. The van der Waals surface area contributed by atoms with Gasteiger partial charge in [0.2, 0.25) is 0 Å². The third kappa shape index (κ3) is 2.74. The molecule has 3 N–H and O–H groups in total. The normalized spacial score (nSPS) is 25.6. The van der Waals surface area contributed by atoms with Gasteiger partial charge in [0, 0.05) is 17.5 Å². The summed E-state index contributed by atoms with van der Waals surface area (Å²) in [4.78, 5) is 12.0. The van der Waals surface area contributed by atoms with E-state index in [1.165, 1.54) is 24.3 Å². The quantitative estimate of drug-likeness (QED) is 0.832. The molecule has 5 nitrogen and oxygen atoms in total. The molecule has 0 aliphatic heterocycles. The summed E-state index contributed by atoms with van der Waals surface area (Å²) in [5.41, 5.74) is 5.91. The van der Waals surface area contributed by atoms with Crippen LogP contribution in [0.4, 0.5) is 0 Å². The van der Waals surface area contributed by atoms with Crippen molar-refractivity contribution in [2.45, 2.75) is 23.0 Å². The summed E-state index contributed by atoms with van der Waals surface area (Å²) in [5.74, 6) is -1.88. The maximum Gasteiger partial charge on any atom is 0.312 e. The average Bonchev–Trinajstić information content (AvgIpc) is 3.27. The minimum atomic E-state index is -3.87. The molecule has 0 bridgehead atoms. The van der Waals surface area contributed by atoms with Crippen molar-refractivity contribution in [1.29, 1.82) is 0 Å². The number of hydrogen-bond acceptors (Lipinski definition) is 4. The van der Waals surface area contributed by atoms with E-state index in [0.717, 1.165) is 5.56 Å². The van der Waals surface area contributed by atoms with Gasteiger partial charge in [0.15, 0.2) is 9.84 Å². The van der Waals surface area contributed by atoms with Gasteiger partial charge in [-0.1, -0.05) is 41.4 Å². The van der Waals surface area contributed by atoms with Crippen LogP contribution in [-0.2, 0) is 14.6 Å². The molecular weight excluding hydrogens is 362 g/mol. The van der Waals surface area contributed by atoms with Crippen molar-refractivity contribution in [3.8, 4) is 0 Å². The molecule has 2 aromatic carbocycles. The van der Waals surface area contributed by atoms with Crippen molar-refractivity contribution < 1.29 is 18.3 Å². The topological polar surface area (TPSA) is 97.5 Å². The maximum absolute atomic E-state index is 13.1. The minimum absolute atomic E-state index is 0.0515. The first-order chi connectivity index (χ1) is 11.7. The number of aryl methyl sites for hydroxylation is 1. The monoisotopic (exact) mass is 379 g/mol. The van der Waals surface area contributed by atoms with E-state index >= 15 is 0 Å². The molecular formula is C18H18ClNO4S. The molecule has 1 saturated carbocycles. The van der Waals surface area contributed by atoms with Gasteiger partial charge in [-0.05, 0) is 36.8 Å². The SMILES string of the molecule is Cc1ccc([C@H]2[C@@H](S(=O)(=O)c3ccc(Cl)cc3)[C@@]2(CN)C(=O)O)cc1. The van der Waals surface area contributed by atoms with Gasteiger partial charge < -0.3 is 10.8 Å². The second kappa shape index (κ2) is 6.12. The molecule has 1 aliphatic carbocycles. The van der Waals surface area contributed by atoms with E-state index in [1.54, 1.807) is 12.1 Å². The molecule has 3 atom stereocenters. The second-order valence-electron chi connectivity index (χ2n) is 6.36. The van der Waals surface area contributed by atoms with Crippen LogP contribution in [0.15, 0.2) is 53.4 Å². The molecule has 7 heteroatoms. The van der Waals surface area contributed by atoms with Crippen LogP contribution in [-0.4, -0.2) is 31.3 Å². The van der Waals surface area contributed by atoms with E-state index < -0.39 is 32.4 Å². The van der Waals surface area contributed by atoms with Crippen molar-refractivity contribution in [3.63, 3.8) is 0 Å². The Kier molecular flexibility index (Phi) is 4.39. The molecule has 1 fully saturated rings. The van der Waals surface area contributed by atoms with Crippen LogP contribution in [0.1, 0.15) is 17.0 Å². The van der Waals surface area contributed by atoms with Gasteiger partial charge in [-0.2, -0.15) is 0 Å². The van der Waals surface area contributed by atoms with Crippen LogP contribution in [0.3, 0.4) is 0 Å². The molecule has 0 unspecified atom stereocenters. The Morgan fingerprint density at radius 3 is 2.20 bits per heavy atom. The smallest absolute Gasteiger partial charge is 0.312 e. The largest absolute Gasteiger partial charge is 0.481 e. The zero-order valence-corrected chi connectivity index (χ0v) is 15.1. The van der Waals surface area contributed by atoms with E-state index in [-0.39, 0.29) is 11.4 Å². The van der Waals surface area contributed by atoms with E-state index in [1.807, 2.05) is 19.1 Å². The van der Waals surface area contributed by atoms with E-state index in [0.29, 0.717) is 10.6 Å². The summed E-state index contributed by atoms with van der Waals surface area (Å²) in [6, 6.07) is 12.9. The van der Waals surface area contributed by atoms with Crippen LogP contribution in [0.5, 0.6) is 0 Å². The lowest BCUT2D eigenvalue weighted by Crippen LogP contribution is -2.31. The predicted octanol–water partition coefficient (Wildman–Crippen LogP) is 2.62. The highest BCUT2D eigenvalue weighted by molar-refractivity contribution is 7.92. The lowest BCUT2D eigenvalue weighted by Gasteiger charge is -2.10. The summed E-state index contributed by atoms with van der Waals surface area (Å²) in [6.45, 7) is 1.66. The van der Waals surface area contributed by atoms with Crippen molar-refractivity contribution in [2.75, 3.05) is 6.54 Å². The van der Waals surface area contributed by atoms with E-state index in [2.05, 4.69) is 0 Å². The molecule has 0 heterocycles. The summed E-state index contributed by atoms with van der Waals surface area (Å²) >= 11 is 5.82. The molecule has 0 radical (unpaired) electrons. The summed E-state index contributed by atoms with van der Waals surface area (Å²) in [5, 5.41) is 9.05.